The molecule has 0 amide bonds. The van der Waals surface area contributed by atoms with Gasteiger partial charge in [0.05, 0.1) is 6.54 Å². The molecule has 0 saturated carbocycles. The second-order valence-corrected chi connectivity index (χ2v) is 2.97. The number of hydrogen-bond donors (Lipinski definition) is 0. The van der Waals surface area contributed by atoms with E-state index in [0.717, 1.165) is 0 Å². The van der Waals surface area contributed by atoms with Crippen LogP contribution in [-0.4, -0.2) is 4.57 Å². The molecular weight excluding hydrogens is 197 g/mol. The SMILES string of the molecule is O=c1ccn(C/C(Cl)=C\Cl)cc1. The van der Waals surface area contributed by atoms with Gasteiger partial charge in [-0.2, -0.15) is 0 Å². The van der Waals surface area contributed by atoms with Crippen LogP contribution in [0.3, 0.4) is 0 Å². The zero-order chi connectivity index (χ0) is 8.97. The summed E-state index contributed by atoms with van der Waals surface area (Å²) in [7, 11) is 0. The summed E-state index contributed by atoms with van der Waals surface area (Å²) in [5.41, 5.74) is 1.29. The molecule has 0 spiro atoms. The van der Waals surface area contributed by atoms with Crippen molar-refractivity contribution < 1.29 is 0 Å². The van der Waals surface area contributed by atoms with E-state index < -0.39 is 0 Å². The van der Waals surface area contributed by atoms with Gasteiger partial charge in [-0.05, 0) is 0 Å². The van der Waals surface area contributed by atoms with E-state index in [-0.39, 0.29) is 5.43 Å². The first-order chi connectivity index (χ1) is 5.72. The van der Waals surface area contributed by atoms with Crippen LogP contribution in [-0.2, 0) is 6.54 Å². The minimum Gasteiger partial charge on any atom is -0.349 e. The lowest BCUT2D eigenvalue weighted by Crippen LogP contribution is -2.03. The van der Waals surface area contributed by atoms with Crippen LogP contribution in [0.15, 0.2) is 39.9 Å². The molecule has 0 aliphatic rings. The van der Waals surface area contributed by atoms with Gasteiger partial charge >= 0.3 is 0 Å². The Morgan fingerprint density at radius 3 is 2.58 bits per heavy atom. The van der Waals surface area contributed by atoms with Crippen LogP contribution >= 0.6 is 23.2 Å². The van der Waals surface area contributed by atoms with Gasteiger partial charge in [0.2, 0.25) is 0 Å². The van der Waals surface area contributed by atoms with E-state index in [1.54, 1.807) is 17.0 Å². The molecular formula is C8H7Cl2NO. The van der Waals surface area contributed by atoms with Crippen molar-refractivity contribution in [3.05, 3.63) is 45.3 Å². The summed E-state index contributed by atoms with van der Waals surface area (Å²) in [5, 5.41) is 0.528. The molecule has 64 valence electrons. The van der Waals surface area contributed by atoms with Crippen LogP contribution in [0.25, 0.3) is 0 Å². The molecule has 0 atom stereocenters. The van der Waals surface area contributed by atoms with E-state index in [1.807, 2.05) is 0 Å². The standard InChI is InChI=1S/C8H7Cl2NO/c9-5-7(10)6-11-3-1-8(12)2-4-11/h1-5H,6H2/b7-5+. The third-order valence-electron chi connectivity index (χ3n) is 1.31. The largest absolute Gasteiger partial charge is 0.349 e. The van der Waals surface area contributed by atoms with E-state index in [1.165, 1.54) is 17.7 Å². The summed E-state index contributed by atoms with van der Waals surface area (Å²) in [4.78, 5) is 10.7. The Morgan fingerprint density at radius 2 is 2.08 bits per heavy atom. The van der Waals surface area contributed by atoms with Crippen molar-refractivity contribution in [1.82, 2.24) is 4.57 Å². The van der Waals surface area contributed by atoms with E-state index in [9.17, 15) is 4.79 Å². The molecule has 4 heteroatoms. The predicted octanol–water partition coefficient (Wildman–Crippen LogP) is 2.17. The van der Waals surface area contributed by atoms with Crippen LogP contribution in [0.1, 0.15) is 0 Å². The summed E-state index contributed by atoms with van der Waals surface area (Å²) >= 11 is 11.0. The normalized spacial score (nSPS) is 11.7. The lowest BCUT2D eigenvalue weighted by molar-refractivity contribution is 0.801. The minimum absolute atomic E-state index is 0.0165. The molecule has 1 heterocycles. The van der Waals surface area contributed by atoms with Gasteiger partial charge in [0.25, 0.3) is 0 Å². The minimum atomic E-state index is -0.0165. The first-order valence-electron chi connectivity index (χ1n) is 3.33. The molecule has 12 heavy (non-hydrogen) atoms. The molecule has 0 fully saturated rings. The first kappa shape index (κ1) is 9.36. The molecule has 0 aliphatic carbocycles. The summed E-state index contributed by atoms with van der Waals surface area (Å²) in [6.07, 6.45) is 3.32. The zero-order valence-electron chi connectivity index (χ0n) is 6.21. The molecule has 1 rings (SSSR count). The first-order valence-corrected chi connectivity index (χ1v) is 4.14. The fraction of sp³-hybridized carbons (Fsp3) is 0.125. The second kappa shape index (κ2) is 4.33. The summed E-state index contributed by atoms with van der Waals surface area (Å²) < 4.78 is 1.77. The Bertz CT molecular complexity index is 323. The lowest BCUT2D eigenvalue weighted by atomic mass is 10.4. The number of aromatic nitrogens is 1. The van der Waals surface area contributed by atoms with Crippen LogP contribution in [0.5, 0.6) is 0 Å². The third-order valence-corrected chi connectivity index (χ3v) is 1.92. The van der Waals surface area contributed by atoms with Crippen LogP contribution in [0, 0.1) is 0 Å². The molecule has 0 N–H and O–H groups in total. The van der Waals surface area contributed by atoms with Gasteiger partial charge in [0.15, 0.2) is 5.43 Å². The number of allylic oxidation sites excluding steroid dienone is 1. The highest BCUT2D eigenvalue weighted by molar-refractivity contribution is 6.36. The Labute approximate surface area is 80.0 Å². The van der Waals surface area contributed by atoms with Crippen molar-refractivity contribution in [2.45, 2.75) is 6.54 Å². The summed E-state index contributed by atoms with van der Waals surface area (Å²) in [5.74, 6) is 0. The smallest absolute Gasteiger partial charge is 0.181 e. The van der Waals surface area contributed by atoms with Gasteiger partial charge in [-0.15, -0.1) is 0 Å². The monoisotopic (exact) mass is 203 g/mol. The molecule has 0 bridgehead atoms. The zero-order valence-corrected chi connectivity index (χ0v) is 7.72. The number of nitrogens with zero attached hydrogens (tertiary/aromatic N) is 1. The second-order valence-electron chi connectivity index (χ2n) is 2.26. The fourth-order valence-electron chi connectivity index (χ4n) is 0.758. The lowest BCUT2D eigenvalue weighted by Gasteiger charge is -2.02. The molecule has 2 nitrogen and oxygen atoms in total. The maximum atomic E-state index is 10.7. The predicted molar refractivity (Wildman–Crippen MR) is 50.5 cm³/mol. The Balaban J connectivity index is 2.78. The molecule has 1 aromatic rings. The highest BCUT2D eigenvalue weighted by atomic mass is 35.5. The highest BCUT2D eigenvalue weighted by Gasteiger charge is 1.91. The molecule has 0 radical (unpaired) electrons. The topological polar surface area (TPSA) is 22.0 Å². The quantitative estimate of drug-likeness (QED) is 0.723. The average Bonchev–Trinajstić information content (AvgIpc) is 2.09. The van der Waals surface area contributed by atoms with Gasteiger partial charge in [0, 0.05) is 35.1 Å². The van der Waals surface area contributed by atoms with Crippen molar-refractivity contribution in [3.63, 3.8) is 0 Å². The Kier molecular flexibility index (Phi) is 3.38. The average molecular weight is 204 g/mol. The summed E-state index contributed by atoms with van der Waals surface area (Å²) in [6, 6.07) is 2.94. The maximum absolute atomic E-state index is 10.7. The van der Waals surface area contributed by atoms with E-state index >= 15 is 0 Å². The highest BCUT2D eigenvalue weighted by Crippen LogP contribution is 2.05. The van der Waals surface area contributed by atoms with E-state index in [0.29, 0.717) is 11.6 Å². The molecule has 0 saturated heterocycles. The number of halogens is 2. The summed E-state index contributed by atoms with van der Waals surface area (Å²) in [6.45, 7) is 0.491. The van der Waals surface area contributed by atoms with Gasteiger partial charge in [-0.1, -0.05) is 23.2 Å². The fourth-order valence-corrected chi connectivity index (χ4v) is 0.965. The third kappa shape index (κ3) is 2.72. The van der Waals surface area contributed by atoms with E-state index in [4.69, 9.17) is 23.2 Å². The van der Waals surface area contributed by atoms with Crippen molar-refractivity contribution in [2.75, 3.05) is 0 Å². The van der Waals surface area contributed by atoms with Crippen LogP contribution in [0.4, 0.5) is 0 Å². The number of pyridine rings is 1. The van der Waals surface area contributed by atoms with Gasteiger partial charge in [-0.3, -0.25) is 4.79 Å². The van der Waals surface area contributed by atoms with Gasteiger partial charge in [-0.25, -0.2) is 0 Å². The van der Waals surface area contributed by atoms with Crippen molar-refractivity contribution in [1.29, 1.82) is 0 Å². The number of rotatable bonds is 2. The molecule has 0 aromatic carbocycles. The van der Waals surface area contributed by atoms with Crippen molar-refractivity contribution in [2.24, 2.45) is 0 Å². The Morgan fingerprint density at radius 1 is 1.50 bits per heavy atom. The van der Waals surface area contributed by atoms with Crippen LogP contribution in [0.2, 0.25) is 0 Å². The molecule has 0 aliphatic heterocycles. The molecule has 0 unspecified atom stereocenters. The molecule has 1 aromatic heterocycles. The van der Waals surface area contributed by atoms with Crippen molar-refractivity contribution >= 4 is 23.2 Å². The van der Waals surface area contributed by atoms with Crippen molar-refractivity contribution in [3.8, 4) is 0 Å². The number of hydrogen-bond acceptors (Lipinski definition) is 1. The maximum Gasteiger partial charge on any atom is 0.181 e. The Hall–Kier alpha value is -0.730. The van der Waals surface area contributed by atoms with Gasteiger partial charge < -0.3 is 4.57 Å². The van der Waals surface area contributed by atoms with E-state index in [2.05, 4.69) is 0 Å². The van der Waals surface area contributed by atoms with Crippen LogP contribution < -0.4 is 5.43 Å². The van der Waals surface area contributed by atoms with Gasteiger partial charge in [0.1, 0.15) is 0 Å².